The van der Waals surface area contributed by atoms with E-state index in [4.69, 9.17) is 4.74 Å². The summed E-state index contributed by atoms with van der Waals surface area (Å²) in [5.41, 5.74) is 3.16. The normalized spacial score (nSPS) is 17.7. The Hall–Kier alpha value is -2.38. The Morgan fingerprint density at radius 1 is 1.14 bits per heavy atom. The van der Waals surface area contributed by atoms with Gasteiger partial charge in [-0.2, -0.15) is 4.31 Å². The number of benzene rings is 2. The predicted molar refractivity (Wildman–Crippen MR) is 114 cm³/mol. The van der Waals surface area contributed by atoms with E-state index in [-0.39, 0.29) is 12.5 Å². The van der Waals surface area contributed by atoms with Gasteiger partial charge in [0, 0.05) is 24.8 Å². The number of anilines is 1. The molecule has 0 spiro atoms. The fourth-order valence-corrected chi connectivity index (χ4v) is 5.96. The average Bonchev–Trinajstić information content (AvgIpc) is 2.67. The Labute approximate surface area is 172 Å². The fourth-order valence-electron chi connectivity index (χ4n) is 4.02. The number of nitrogens with zero attached hydrogens (tertiary/aromatic N) is 1. The maximum Gasteiger partial charge on any atom is 0.243 e. The molecule has 1 atom stereocenters. The number of sulfonamides is 1. The Bertz CT molecular complexity index is 994. The van der Waals surface area contributed by atoms with Crippen LogP contribution in [0.3, 0.4) is 0 Å². The molecular weight excluding hydrogens is 388 g/mol. The van der Waals surface area contributed by atoms with Crippen LogP contribution in [0.25, 0.3) is 0 Å². The lowest BCUT2D eigenvalue weighted by atomic mass is 9.98. The SMILES string of the molecule is COc1cccc(NC(=O)[C@@H]2CCCN(S(=O)(=O)c3c(C)cc(C)cc3C)C2)c1. The second-order valence-corrected chi connectivity index (χ2v) is 9.53. The van der Waals surface area contributed by atoms with Gasteiger partial charge in [0.05, 0.1) is 17.9 Å². The Kier molecular flexibility index (Phi) is 6.29. The van der Waals surface area contributed by atoms with Crippen molar-refractivity contribution in [3.63, 3.8) is 0 Å². The quantitative estimate of drug-likeness (QED) is 0.807. The third-order valence-corrected chi connectivity index (χ3v) is 7.47. The third kappa shape index (κ3) is 4.62. The van der Waals surface area contributed by atoms with Gasteiger partial charge >= 0.3 is 0 Å². The van der Waals surface area contributed by atoms with Gasteiger partial charge in [0.15, 0.2) is 0 Å². The number of hydrogen-bond acceptors (Lipinski definition) is 4. The molecule has 3 rings (SSSR count). The van der Waals surface area contributed by atoms with E-state index < -0.39 is 15.9 Å². The van der Waals surface area contributed by atoms with Crippen LogP contribution < -0.4 is 10.1 Å². The zero-order valence-electron chi connectivity index (χ0n) is 17.4. The Morgan fingerprint density at radius 2 is 1.83 bits per heavy atom. The molecule has 0 bridgehead atoms. The minimum absolute atomic E-state index is 0.171. The summed E-state index contributed by atoms with van der Waals surface area (Å²) in [7, 11) is -2.09. The summed E-state index contributed by atoms with van der Waals surface area (Å²) in [4.78, 5) is 13.1. The summed E-state index contributed by atoms with van der Waals surface area (Å²) < 4.78 is 33.3. The molecule has 0 saturated carbocycles. The van der Waals surface area contributed by atoms with Crippen LogP contribution in [0, 0.1) is 26.7 Å². The zero-order valence-corrected chi connectivity index (χ0v) is 18.2. The molecule has 1 saturated heterocycles. The molecule has 7 heteroatoms. The van der Waals surface area contributed by atoms with Crippen LogP contribution in [0.15, 0.2) is 41.3 Å². The van der Waals surface area contributed by atoms with Gasteiger partial charge in [-0.25, -0.2) is 8.42 Å². The van der Waals surface area contributed by atoms with E-state index in [1.54, 1.807) is 31.4 Å². The number of amides is 1. The molecule has 6 nitrogen and oxygen atoms in total. The molecule has 29 heavy (non-hydrogen) atoms. The van der Waals surface area contributed by atoms with Crippen LogP contribution in [0.2, 0.25) is 0 Å². The van der Waals surface area contributed by atoms with Gasteiger partial charge in [0.25, 0.3) is 0 Å². The van der Waals surface area contributed by atoms with Gasteiger partial charge in [-0.1, -0.05) is 23.8 Å². The molecule has 0 unspecified atom stereocenters. The number of rotatable bonds is 5. The summed E-state index contributed by atoms with van der Waals surface area (Å²) in [5, 5.41) is 2.89. The highest BCUT2D eigenvalue weighted by molar-refractivity contribution is 7.89. The molecule has 0 radical (unpaired) electrons. The van der Waals surface area contributed by atoms with E-state index in [1.165, 1.54) is 4.31 Å². The molecule has 1 amide bonds. The lowest BCUT2D eigenvalue weighted by Crippen LogP contribution is -2.44. The van der Waals surface area contributed by atoms with Crippen LogP contribution in [0.4, 0.5) is 5.69 Å². The molecule has 1 aliphatic heterocycles. The highest BCUT2D eigenvalue weighted by Gasteiger charge is 2.34. The van der Waals surface area contributed by atoms with Crippen LogP contribution in [-0.4, -0.2) is 38.8 Å². The van der Waals surface area contributed by atoms with E-state index in [2.05, 4.69) is 5.32 Å². The first kappa shape index (κ1) is 21.3. The first-order chi connectivity index (χ1) is 13.7. The van der Waals surface area contributed by atoms with E-state index in [0.717, 1.165) is 16.7 Å². The lowest BCUT2D eigenvalue weighted by molar-refractivity contribution is -0.120. The standard InChI is InChI=1S/C22H28N2O4S/c1-15-11-16(2)21(17(3)12-15)29(26,27)24-10-6-7-18(14-24)22(25)23-19-8-5-9-20(13-19)28-4/h5,8-9,11-13,18H,6-7,10,14H2,1-4H3,(H,23,25)/t18-/m1/s1. The smallest absolute Gasteiger partial charge is 0.243 e. The lowest BCUT2D eigenvalue weighted by Gasteiger charge is -2.32. The summed E-state index contributed by atoms with van der Waals surface area (Å²) >= 11 is 0. The minimum atomic E-state index is -3.66. The molecule has 1 aliphatic rings. The van der Waals surface area contributed by atoms with Crippen molar-refractivity contribution in [3.8, 4) is 5.75 Å². The second kappa shape index (κ2) is 8.55. The largest absolute Gasteiger partial charge is 0.497 e. The highest BCUT2D eigenvalue weighted by atomic mass is 32.2. The number of carbonyl (C=O) groups excluding carboxylic acids is 1. The molecule has 156 valence electrons. The Balaban J connectivity index is 1.78. The summed E-state index contributed by atoms with van der Waals surface area (Å²) in [6.45, 7) is 6.22. The van der Waals surface area contributed by atoms with Crippen molar-refractivity contribution < 1.29 is 17.9 Å². The Morgan fingerprint density at radius 3 is 2.48 bits per heavy atom. The number of carbonyl (C=O) groups is 1. The first-order valence-electron chi connectivity index (χ1n) is 9.75. The van der Waals surface area contributed by atoms with Crippen molar-refractivity contribution in [2.75, 3.05) is 25.5 Å². The molecule has 1 heterocycles. The van der Waals surface area contributed by atoms with Gasteiger partial charge in [0.1, 0.15) is 5.75 Å². The number of nitrogens with one attached hydrogen (secondary N) is 1. The summed E-state index contributed by atoms with van der Waals surface area (Å²) in [6, 6.07) is 10.9. The van der Waals surface area contributed by atoms with Gasteiger partial charge < -0.3 is 10.1 Å². The van der Waals surface area contributed by atoms with E-state index in [0.29, 0.717) is 35.7 Å². The van der Waals surface area contributed by atoms with Crippen molar-refractivity contribution in [3.05, 3.63) is 53.1 Å². The molecule has 0 aliphatic carbocycles. The van der Waals surface area contributed by atoms with Crippen LogP contribution >= 0.6 is 0 Å². The van der Waals surface area contributed by atoms with Gasteiger partial charge in [-0.3, -0.25) is 4.79 Å². The van der Waals surface area contributed by atoms with E-state index in [9.17, 15) is 13.2 Å². The highest BCUT2D eigenvalue weighted by Crippen LogP contribution is 2.29. The monoisotopic (exact) mass is 416 g/mol. The van der Waals surface area contributed by atoms with Crippen LogP contribution in [0.1, 0.15) is 29.5 Å². The van der Waals surface area contributed by atoms with Crippen LogP contribution in [-0.2, 0) is 14.8 Å². The molecule has 0 aromatic heterocycles. The number of aryl methyl sites for hydroxylation is 3. The van der Waals surface area contributed by atoms with Crippen molar-refractivity contribution in [2.45, 2.75) is 38.5 Å². The van der Waals surface area contributed by atoms with E-state index >= 15 is 0 Å². The molecular formula is C22H28N2O4S. The molecule has 2 aromatic rings. The first-order valence-corrected chi connectivity index (χ1v) is 11.2. The average molecular weight is 417 g/mol. The van der Waals surface area contributed by atoms with Gasteiger partial charge in [-0.15, -0.1) is 0 Å². The van der Waals surface area contributed by atoms with Gasteiger partial charge in [-0.05, 0) is 56.9 Å². The summed E-state index contributed by atoms with van der Waals surface area (Å²) in [6.07, 6.45) is 1.31. The van der Waals surface area contributed by atoms with Crippen molar-refractivity contribution in [1.82, 2.24) is 4.31 Å². The van der Waals surface area contributed by atoms with E-state index in [1.807, 2.05) is 32.9 Å². The number of piperidine rings is 1. The van der Waals surface area contributed by atoms with Crippen molar-refractivity contribution in [1.29, 1.82) is 0 Å². The topological polar surface area (TPSA) is 75.7 Å². The van der Waals surface area contributed by atoms with Crippen molar-refractivity contribution >= 4 is 21.6 Å². The van der Waals surface area contributed by atoms with Crippen molar-refractivity contribution in [2.24, 2.45) is 5.92 Å². The zero-order chi connectivity index (χ0) is 21.2. The fraction of sp³-hybridized carbons (Fsp3) is 0.409. The predicted octanol–water partition coefficient (Wildman–Crippen LogP) is 3.66. The van der Waals surface area contributed by atoms with Crippen LogP contribution in [0.5, 0.6) is 5.75 Å². The second-order valence-electron chi connectivity index (χ2n) is 7.65. The maximum absolute atomic E-state index is 13.3. The number of methoxy groups -OCH3 is 1. The third-order valence-electron chi connectivity index (χ3n) is 5.29. The maximum atomic E-state index is 13.3. The molecule has 2 aromatic carbocycles. The minimum Gasteiger partial charge on any atom is -0.497 e. The molecule has 1 fully saturated rings. The number of hydrogen-bond donors (Lipinski definition) is 1. The molecule has 1 N–H and O–H groups in total. The number of ether oxygens (including phenoxy) is 1. The van der Waals surface area contributed by atoms with Gasteiger partial charge in [0.2, 0.25) is 15.9 Å². The summed E-state index contributed by atoms with van der Waals surface area (Å²) in [5.74, 6) is 0.0901.